The summed E-state index contributed by atoms with van der Waals surface area (Å²) in [6.07, 6.45) is 0. The van der Waals surface area contributed by atoms with E-state index in [0.717, 1.165) is 11.3 Å². The van der Waals surface area contributed by atoms with Crippen molar-refractivity contribution in [2.45, 2.75) is 6.04 Å². The Hall–Kier alpha value is -3.73. The van der Waals surface area contributed by atoms with E-state index >= 15 is 0 Å². The fourth-order valence-corrected chi connectivity index (χ4v) is 3.74. The zero-order valence-corrected chi connectivity index (χ0v) is 16.3. The number of nitrogens with zero attached hydrogens (tertiary/aromatic N) is 1. The molecule has 0 spiro atoms. The number of nitrogens with two attached hydrogens (primary N) is 1. The third-order valence-electron chi connectivity index (χ3n) is 5.10. The molecule has 0 saturated heterocycles. The lowest BCUT2D eigenvalue weighted by molar-refractivity contribution is -0.113. The van der Waals surface area contributed by atoms with Crippen molar-refractivity contribution in [1.29, 1.82) is 0 Å². The monoisotopic (exact) mass is 386 g/mol. The fourth-order valence-electron chi connectivity index (χ4n) is 3.74. The predicted molar refractivity (Wildman–Crippen MR) is 114 cm³/mol. The van der Waals surface area contributed by atoms with Gasteiger partial charge in [0.2, 0.25) is 0 Å². The van der Waals surface area contributed by atoms with Crippen LogP contribution >= 0.6 is 0 Å². The van der Waals surface area contributed by atoms with Crippen molar-refractivity contribution in [2.24, 2.45) is 5.73 Å². The van der Waals surface area contributed by atoms with Crippen molar-refractivity contribution in [3.05, 3.63) is 95.7 Å². The number of hydrogen-bond donors (Lipinski definition) is 1. The lowest BCUT2D eigenvalue weighted by Gasteiger charge is -2.26. The van der Waals surface area contributed by atoms with Crippen LogP contribution in [0.1, 0.15) is 17.2 Å². The van der Waals surface area contributed by atoms with Gasteiger partial charge in [-0.1, -0.05) is 54.6 Å². The topological polar surface area (TPSA) is 64.8 Å². The van der Waals surface area contributed by atoms with E-state index in [-0.39, 0.29) is 11.9 Å². The summed E-state index contributed by atoms with van der Waals surface area (Å²) in [5.74, 6) is 1.00. The lowest BCUT2D eigenvalue weighted by atomic mass is 9.99. The second-order valence-corrected chi connectivity index (χ2v) is 6.72. The van der Waals surface area contributed by atoms with Crippen molar-refractivity contribution < 1.29 is 14.3 Å². The molecule has 0 aromatic heterocycles. The molecule has 0 aliphatic carbocycles. The molecular formula is C24H22N2O3. The van der Waals surface area contributed by atoms with E-state index in [1.54, 1.807) is 31.3 Å². The first-order valence-corrected chi connectivity index (χ1v) is 9.31. The molecule has 29 heavy (non-hydrogen) atoms. The summed E-state index contributed by atoms with van der Waals surface area (Å²) in [6.45, 7) is 0. The number of rotatable bonds is 5. The standard InChI is InChI=1S/C24H22N2O3/c1-28-19-14-13-17(15-20(19)29-2)21-22(25)23(16-9-5-3-6-10-16)26(24(21)27)18-11-7-4-8-12-18/h3-15,23H,25H2,1-2H3. The van der Waals surface area contributed by atoms with Crippen molar-refractivity contribution in [3.63, 3.8) is 0 Å². The summed E-state index contributed by atoms with van der Waals surface area (Å²) < 4.78 is 10.7. The molecule has 1 aliphatic heterocycles. The maximum Gasteiger partial charge on any atom is 0.261 e. The molecule has 1 unspecified atom stereocenters. The third kappa shape index (κ3) is 3.21. The quantitative estimate of drug-likeness (QED) is 0.715. The van der Waals surface area contributed by atoms with Gasteiger partial charge in [0.05, 0.1) is 19.8 Å². The van der Waals surface area contributed by atoms with Crippen LogP contribution in [0, 0.1) is 0 Å². The SMILES string of the molecule is COc1ccc(C2=C(N)C(c3ccccc3)N(c3ccccc3)C2=O)cc1OC. The molecule has 5 heteroatoms. The van der Waals surface area contributed by atoms with Gasteiger partial charge in [-0.25, -0.2) is 0 Å². The predicted octanol–water partition coefficient (Wildman–Crippen LogP) is 4.16. The Balaban J connectivity index is 1.88. The Bertz CT molecular complexity index is 1060. The van der Waals surface area contributed by atoms with Crippen LogP contribution in [-0.4, -0.2) is 20.1 Å². The van der Waals surface area contributed by atoms with Crippen molar-refractivity contribution in [1.82, 2.24) is 0 Å². The molecule has 5 nitrogen and oxygen atoms in total. The van der Waals surface area contributed by atoms with Crippen LogP contribution in [0.5, 0.6) is 11.5 Å². The van der Waals surface area contributed by atoms with Gasteiger partial charge >= 0.3 is 0 Å². The molecule has 0 bridgehead atoms. The van der Waals surface area contributed by atoms with Crippen molar-refractivity contribution >= 4 is 17.2 Å². The molecule has 1 amide bonds. The van der Waals surface area contributed by atoms with Crippen molar-refractivity contribution in [2.75, 3.05) is 19.1 Å². The van der Waals surface area contributed by atoms with Gasteiger partial charge in [-0.3, -0.25) is 9.69 Å². The van der Waals surface area contributed by atoms with Crippen molar-refractivity contribution in [3.8, 4) is 11.5 Å². The summed E-state index contributed by atoms with van der Waals surface area (Å²) in [5, 5.41) is 0. The molecule has 146 valence electrons. The van der Waals surface area contributed by atoms with Gasteiger partial charge in [-0.05, 0) is 35.4 Å². The molecular weight excluding hydrogens is 364 g/mol. The Kier molecular flexibility index (Phi) is 4.96. The molecule has 1 heterocycles. The fraction of sp³-hybridized carbons (Fsp3) is 0.125. The number of methoxy groups -OCH3 is 2. The van der Waals surface area contributed by atoms with Crippen LogP contribution in [0.4, 0.5) is 5.69 Å². The first-order valence-electron chi connectivity index (χ1n) is 9.31. The van der Waals surface area contributed by atoms with Gasteiger partial charge in [0, 0.05) is 11.4 Å². The second-order valence-electron chi connectivity index (χ2n) is 6.72. The molecule has 1 aliphatic rings. The van der Waals surface area contributed by atoms with Gasteiger partial charge in [0.15, 0.2) is 11.5 Å². The highest BCUT2D eigenvalue weighted by molar-refractivity contribution is 6.30. The molecule has 2 N–H and O–H groups in total. The van der Waals surface area contributed by atoms with E-state index in [2.05, 4.69) is 0 Å². The molecule has 0 fully saturated rings. The Morgan fingerprint density at radius 3 is 2.07 bits per heavy atom. The van der Waals surface area contributed by atoms with Gasteiger partial charge in [0.25, 0.3) is 5.91 Å². The van der Waals surface area contributed by atoms with Crippen LogP contribution < -0.4 is 20.1 Å². The zero-order valence-electron chi connectivity index (χ0n) is 16.3. The lowest BCUT2D eigenvalue weighted by Crippen LogP contribution is -2.30. The molecule has 4 rings (SSSR count). The Morgan fingerprint density at radius 2 is 1.45 bits per heavy atom. The third-order valence-corrected chi connectivity index (χ3v) is 5.10. The average molecular weight is 386 g/mol. The van der Waals surface area contributed by atoms with Gasteiger partial charge in [-0.15, -0.1) is 0 Å². The number of anilines is 1. The highest BCUT2D eigenvalue weighted by Gasteiger charge is 2.40. The zero-order chi connectivity index (χ0) is 20.4. The largest absolute Gasteiger partial charge is 0.493 e. The minimum atomic E-state index is -0.380. The number of carbonyl (C=O) groups is 1. The van der Waals surface area contributed by atoms with Crippen LogP contribution in [-0.2, 0) is 4.79 Å². The molecule has 0 saturated carbocycles. The van der Waals surface area contributed by atoms with Crippen LogP contribution in [0.15, 0.2) is 84.6 Å². The number of para-hydroxylation sites is 1. The molecule has 3 aromatic carbocycles. The average Bonchev–Trinajstić information content (AvgIpc) is 3.04. The summed E-state index contributed by atoms with van der Waals surface area (Å²) in [7, 11) is 3.15. The highest BCUT2D eigenvalue weighted by Crippen LogP contribution is 2.43. The van der Waals surface area contributed by atoms with Crippen LogP contribution in [0.25, 0.3) is 5.57 Å². The van der Waals surface area contributed by atoms with E-state index in [4.69, 9.17) is 15.2 Å². The summed E-state index contributed by atoms with van der Waals surface area (Å²) in [6, 6.07) is 24.4. The second kappa shape index (κ2) is 7.72. The Labute approximate surface area is 170 Å². The molecule has 1 atom stereocenters. The normalized spacial score (nSPS) is 16.3. The van der Waals surface area contributed by atoms with Crippen LogP contribution in [0.2, 0.25) is 0 Å². The van der Waals surface area contributed by atoms with Gasteiger partial charge < -0.3 is 15.2 Å². The Morgan fingerprint density at radius 1 is 0.828 bits per heavy atom. The maximum absolute atomic E-state index is 13.6. The van der Waals surface area contributed by atoms with Gasteiger partial charge in [-0.2, -0.15) is 0 Å². The minimum Gasteiger partial charge on any atom is -0.493 e. The maximum atomic E-state index is 13.6. The van der Waals surface area contributed by atoms with E-state index in [9.17, 15) is 4.79 Å². The summed E-state index contributed by atoms with van der Waals surface area (Å²) in [4.78, 5) is 15.3. The highest BCUT2D eigenvalue weighted by atomic mass is 16.5. The number of hydrogen-bond acceptors (Lipinski definition) is 4. The summed E-state index contributed by atoms with van der Waals surface area (Å²) in [5.41, 5.74) is 10.1. The number of carbonyl (C=O) groups excluding carboxylic acids is 1. The number of amides is 1. The first kappa shape index (κ1) is 18.6. The van der Waals surface area contributed by atoms with Gasteiger partial charge in [0.1, 0.15) is 6.04 Å². The smallest absolute Gasteiger partial charge is 0.261 e. The van der Waals surface area contributed by atoms with E-state index < -0.39 is 0 Å². The molecule has 0 radical (unpaired) electrons. The number of benzene rings is 3. The van der Waals surface area contributed by atoms with E-state index in [1.165, 1.54) is 0 Å². The molecule has 3 aromatic rings. The first-order chi connectivity index (χ1) is 14.2. The minimum absolute atomic E-state index is 0.144. The summed E-state index contributed by atoms with van der Waals surface area (Å²) >= 11 is 0. The number of ether oxygens (including phenoxy) is 2. The van der Waals surface area contributed by atoms with E-state index in [0.29, 0.717) is 28.3 Å². The van der Waals surface area contributed by atoms with Crippen LogP contribution in [0.3, 0.4) is 0 Å². The van der Waals surface area contributed by atoms with E-state index in [1.807, 2.05) is 66.7 Å².